The van der Waals surface area contributed by atoms with Crippen molar-refractivity contribution in [3.63, 3.8) is 0 Å². The Morgan fingerprint density at radius 2 is 1.84 bits per heavy atom. The van der Waals surface area contributed by atoms with Crippen molar-refractivity contribution in [2.24, 2.45) is 5.92 Å². The Morgan fingerprint density at radius 3 is 2.60 bits per heavy atom. The van der Waals surface area contributed by atoms with Gasteiger partial charge in [0.2, 0.25) is 11.8 Å². The fraction of sp³-hybridized carbons (Fsp3) is 0.242. The maximum Gasteiger partial charge on any atom is 0.247 e. The Morgan fingerprint density at radius 1 is 1.05 bits per heavy atom. The Balaban J connectivity index is 1.35. The van der Waals surface area contributed by atoms with E-state index in [9.17, 15) is 9.59 Å². The van der Waals surface area contributed by atoms with Crippen LogP contribution in [0.25, 0.3) is 22.3 Å². The lowest BCUT2D eigenvalue weighted by molar-refractivity contribution is -0.142. The van der Waals surface area contributed by atoms with Gasteiger partial charge in [0.25, 0.3) is 0 Å². The molecule has 1 aliphatic rings. The number of para-hydroxylation sites is 1. The van der Waals surface area contributed by atoms with Gasteiger partial charge in [-0.25, -0.2) is 9.67 Å². The molecule has 10 heteroatoms. The van der Waals surface area contributed by atoms with E-state index < -0.39 is 6.04 Å². The van der Waals surface area contributed by atoms with Crippen LogP contribution in [0.2, 0.25) is 0 Å². The molecule has 6 rings (SSSR count). The van der Waals surface area contributed by atoms with Gasteiger partial charge in [-0.2, -0.15) is 0 Å². The Hall–Kier alpha value is -4.83. The smallest absolute Gasteiger partial charge is 0.247 e. The van der Waals surface area contributed by atoms with Crippen LogP contribution in [-0.2, 0) is 22.7 Å². The van der Waals surface area contributed by atoms with Crippen LogP contribution in [0.5, 0.6) is 5.75 Å². The van der Waals surface area contributed by atoms with E-state index >= 15 is 0 Å². The summed E-state index contributed by atoms with van der Waals surface area (Å²) in [6, 6.07) is 23.9. The molecule has 2 aromatic heterocycles. The molecule has 9 nitrogen and oxygen atoms in total. The number of hydrogen-bond donors (Lipinski definition) is 1. The highest BCUT2D eigenvalue weighted by Crippen LogP contribution is 2.30. The molecule has 0 radical (unpaired) electrons. The SMILES string of the molecule is COc1ccc(NC(=O)[C@@H]([C@@H]2CC=CCC2)N(Cc2nc(-c3ccccc3)cs2)C(=O)Cn2nnc3ccccc32)cc1. The van der Waals surface area contributed by atoms with Crippen molar-refractivity contribution in [1.29, 1.82) is 0 Å². The van der Waals surface area contributed by atoms with Crippen molar-refractivity contribution in [2.75, 3.05) is 12.4 Å². The molecule has 1 N–H and O–H groups in total. The number of ether oxygens (including phenoxy) is 1. The molecule has 2 amide bonds. The predicted molar refractivity (Wildman–Crippen MR) is 168 cm³/mol. The lowest BCUT2D eigenvalue weighted by atomic mass is 9.86. The zero-order chi connectivity index (χ0) is 29.6. The molecule has 218 valence electrons. The van der Waals surface area contributed by atoms with Crippen LogP contribution in [0.15, 0.2) is 96.4 Å². The number of allylic oxidation sites excluding steroid dienone is 2. The first kappa shape index (κ1) is 28.3. The van der Waals surface area contributed by atoms with Crippen molar-refractivity contribution in [2.45, 2.75) is 38.4 Å². The van der Waals surface area contributed by atoms with Crippen LogP contribution in [0.1, 0.15) is 24.3 Å². The van der Waals surface area contributed by atoms with Crippen LogP contribution >= 0.6 is 11.3 Å². The number of nitrogens with zero attached hydrogens (tertiary/aromatic N) is 5. The second-order valence-electron chi connectivity index (χ2n) is 10.5. The molecule has 0 aliphatic heterocycles. The maximum absolute atomic E-state index is 14.3. The predicted octanol–water partition coefficient (Wildman–Crippen LogP) is 5.96. The third-order valence-electron chi connectivity index (χ3n) is 7.67. The second kappa shape index (κ2) is 13.0. The van der Waals surface area contributed by atoms with Gasteiger partial charge in [0.15, 0.2) is 0 Å². The largest absolute Gasteiger partial charge is 0.497 e. The highest BCUT2D eigenvalue weighted by molar-refractivity contribution is 7.09. The van der Waals surface area contributed by atoms with Gasteiger partial charge in [0, 0.05) is 16.6 Å². The van der Waals surface area contributed by atoms with Crippen molar-refractivity contribution in [3.8, 4) is 17.0 Å². The first-order valence-corrected chi connectivity index (χ1v) is 15.1. The molecule has 0 saturated heterocycles. The molecule has 1 aliphatic carbocycles. The zero-order valence-corrected chi connectivity index (χ0v) is 24.6. The van der Waals surface area contributed by atoms with Gasteiger partial charge in [-0.05, 0) is 61.6 Å². The van der Waals surface area contributed by atoms with Crippen LogP contribution in [-0.4, -0.2) is 49.8 Å². The zero-order valence-electron chi connectivity index (χ0n) is 23.8. The van der Waals surface area contributed by atoms with E-state index in [0.29, 0.717) is 23.4 Å². The monoisotopic (exact) mass is 592 g/mol. The molecule has 0 fully saturated rings. The van der Waals surface area contributed by atoms with Crippen molar-refractivity contribution < 1.29 is 14.3 Å². The first-order chi connectivity index (χ1) is 21.1. The summed E-state index contributed by atoms with van der Waals surface area (Å²) >= 11 is 1.49. The van der Waals surface area contributed by atoms with E-state index in [1.165, 1.54) is 11.3 Å². The lowest BCUT2D eigenvalue weighted by Gasteiger charge is -2.36. The number of anilines is 1. The average Bonchev–Trinajstić information content (AvgIpc) is 3.69. The molecule has 43 heavy (non-hydrogen) atoms. The number of carbonyl (C=O) groups excluding carboxylic acids is 2. The molecular weight excluding hydrogens is 560 g/mol. The molecule has 0 spiro atoms. The number of aromatic nitrogens is 4. The summed E-state index contributed by atoms with van der Waals surface area (Å²) in [6.45, 7) is 0.149. The molecule has 2 atom stereocenters. The normalized spacial score (nSPS) is 15.2. The van der Waals surface area contributed by atoms with Gasteiger partial charge in [-0.1, -0.05) is 59.8 Å². The highest BCUT2D eigenvalue weighted by atomic mass is 32.1. The number of thiazole rings is 1. The van der Waals surface area contributed by atoms with Crippen LogP contribution in [0.3, 0.4) is 0 Å². The summed E-state index contributed by atoms with van der Waals surface area (Å²) in [5.74, 6) is 0.175. The lowest BCUT2D eigenvalue weighted by Crippen LogP contribution is -2.52. The summed E-state index contributed by atoms with van der Waals surface area (Å²) in [5, 5.41) is 14.3. The molecule has 0 bridgehead atoms. The molecule has 3 aromatic carbocycles. The third kappa shape index (κ3) is 6.49. The Kier molecular flexibility index (Phi) is 8.55. The number of amides is 2. The third-order valence-corrected chi connectivity index (χ3v) is 8.50. The number of fused-ring (bicyclic) bond motifs is 1. The van der Waals surface area contributed by atoms with Gasteiger partial charge in [0.05, 0.1) is 24.9 Å². The van der Waals surface area contributed by atoms with Gasteiger partial charge in [-0.15, -0.1) is 16.4 Å². The first-order valence-electron chi connectivity index (χ1n) is 14.3. The minimum atomic E-state index is -0.724. The van der Waals surface area contributed by atoms with Gasteiger partial charge in [0.1, 0.15) is 28.9 Å². The fourth-order valence-electron chi connectivity index (χ4n) is 5.47. The highest BCUT2D eigenvalue weighted by Gasteiger charge is 2.37. The van der Waals surface area contributed by atoms with Crippen molar-refractivity contribution >= 4 is 39.9 Å². The molecule has 0 unspecified atom stereocenters. The van der Waals surface area contributed by atoms with E-state index in [4.69, 9.17) is 9.72 Å². The number of rotatable bonds is 10. The summed E-state index contributed by atoms with van der Waals surface area (Å²) in [5.41, 5.74) is 3.95. The van der Waals surface area contributed by atoms with Gasteiger partial charge < -0.3 is 15.0 Å². The summed E-state index contributed by atoms with van der Waals surface area (Å²) in [4.78, 5) is 34.9. The maximum atomic E-state index is 14.3. The Labute approximate surface area is 253 Å². The number of hydrogen-bond acceptors (Lipinski definition) is 7. The average molecular weight is 593 g/mol. The summed E-state index contributed by atoms with van der Waals surface area (Å²) < 4.78 is 6.87. The van der Waals surface area contributed by atoms with E-state index in [1.54, 1.807) is 41.0 Å². The van der Waals surface area contributed by atoms with E-state index in [-0.39, 0.29) is 30.8 Å². The summed E-state index contributed by atoms with van der Waals surface area (Å²) in [6.07, 6.45) is 6.58. The van der Waals surface area contributed by atoms with E-state index in [1.807, 2.05) is 60.0 Å². The second-order valence-corrected chi connectivity index (χ2v) is 11.4. The number of benzene rings is 3. The minimum absolute atomic E-state index is 0.0493. The molecular formula is C33H32N6O3S. The molecule has 0 saturated carbocycles. The number of nitrogens with one attached hydrogen (secondary N) is 1. The van der Waals surface area contributed by atoms with E-state index in [0.717, 1.165) is 34.6 Å². The molecule has 2 heterocycles. The van der Waals surface area contributed by atoms with Gasteiger partial charge in [-0.3, -0.25) is 9.59 Å². The molecule has 5 aromatic rings. The van der Waals surface area contributed by atoms with Crippen LogP contribution in [0.4, 0.5) is 5.69 Å². The summed E-state index contributed by atoms with van der Waals surface area (Å²) in [7, 11) is 1.60. The van der Waals surface area contributed by atoms with Crippen molar-refractivity contribution in [1.82, 2.24) is 24.9 Å². The standard InChI is InChI=1S/C33H32N6O3S/c1-42-26-18-16-25(17-19-26)34-33(41)32(24-12-6-3-7-13-24)38(20-30-35-28(22-43-30)23-10-4-2-5-11-23)31(40)21-39-29-15-9-8-14-27(29)36-37-39/h2-6,8-11,14-19,22,24,32H,7,12-13,20-21H2,1H3,(H,34,41)/t24-,32-/m1/s1. The van der Waals surface area contributed by atoms with Gasteiger partial charge >= 0.3 is 0 Å². The fourth-order valence-corrected chi connectivity index (χ4v) is 6.27. The quantitative estimate of drug-likeness (QED) is 0.201. The number of carbonyl (C=O) groups is 2. The van der Waals surface area contributed by atoms with Crippen LogP contribution in [0, 0.1) is 5.92 Å². The number of methoxy groups -OCH3 is 1. The van der Waals surface area contributed by atoms with Crippen LogP contribution < -0.4 is 10.1 Å². The van der Waals surface area contributed by atoms with E-state index in [2.05, 4.69) is 27.8 Å². The minimum Gasteiger partial charge on any atom is -0.497 e. The topological polar surface area (TPSA) is 102 Å². The Bertz CT molecular complexity index is 1730. The van der Waals surface area contributed by atoms with Crippen molar-refractivity contribution in [3.05, 3.63) is 101 Å².